The number of carbonyl (C=O) groups excluding carboxylic acids is 2. The highest BCUT2D eigenvalue weighted by molar-refractivity contribution is 5.90. The molecular weight excluding hydrogens is 324 g/mol. The number of likely N-dealkylation sites (tertiary alicyclic amines) is 1. The van der Waals surface area contributed by atoms with Crippen molar-refractivity contribution >= 4 is 11.8 Å². The first-order valence-corrected chi connectivity index (χ1v) is 8.75. The molecule has 1 saturated carbocycles. The lowest BCUT2D eigenvalue weighted by Gasteiger charge is -2.33. The largest absolute Gasteiger partial charge is 0.494 e. The number of nitrogens with one attached hydrogen (secondary N) is 1. The van der Waals surface area contributed by atoms with Gasteiger partial charge in [-0.05, 0) is 25.7 Å². The third kappa shape index (κ3) is 3.18. The second-order valence-corrected chi connectivity index (χ2v) is 6.93. The molecule has 2 bridgehead atoms. The van der Waals surface area contributed by atoms with Crippen LogP contribution in [0.5, 0.6) is 5.75 Å². The zero-order valence-electron chi connectivity index (χ0n) is 14.2. The molecule has 3 fully saturated rings. The van der Waals surface area contributed by atoms with E-state index >= 15 is 0 Å². The maximum Gasteiger partial charge on any atom is 0.291 e. The van der Waals surface area contributed by atoms with Crippen LogP contribution in [0.1, 0.15) is 36.3 Å². The zero-order chi connectivity index (χ0) is 17.4. The van der Waals surface area contributed by atoms with Gasteiger partial charge in [0.1, 0.15) is 0 Å². The lowest BCUT2D eigenvalue weighted by atomic mass is 9.91. The molecule has 1 aromatic heterocycles. The van der Waals surface area contributed by atoms with Gasteiger partial charge in [0.2, 0.25) is 11.7 Å². The smallest absolute Gasteiger partial charge is 0.291 e. The van der Waals surface area contributed by atoms with Crippen molar-refractivity contribution in [3.63, 3.8) is 0 Å². The second-order valence-electron chi connectivity index (χ2n) is 6.93. The fraction of sp³-hybridized carbons (Fsp3) is 0.647. The standard InChI is InChI=1S/C17H22N4O4/c1-24-12-6-18-15(19-7-12)17(23)21-8-11-5-13(14(9-21)25-11)16(22)20-10-3-2-4-10/h6-7,10-11,13-14H,2-5,8-9H2,1H3,(H,20,22). The van der Waals surface area contributed by atoms with Crippen LogP contribution in [0.15, 0.2) is 12.4 Å². The van der Waals surface area contributed by atoms with Gasteiger partial charge in [0.25, 0.3) is 5.91 Å². The van der Waals surface area contributed by atoms with Crippen molar-refractivity contribution in [1.29, 1.82) is 0 Å². The summed E-state index contributed by atoms with van der Waals surface area (Å²) in [5.41, 5.74) is 0. The Balaban J connectivity index is 1.40. The summed E-state index contributed by atoms with van der Waals surface area (Å²) >= 11 is 0. The molecule has 3 heterocycles. The van der Waals surface area contributed by atoms with Crippen LogP contribution in [-0.4, -0.2) is 65.1 Å². The normalized spacial score (nSPS) is 28.4. The van der Waals surface area contributed by atoms with E-state index in [0.717, 1.165) is 12.8 Å². The maximum absolute atomic E-state index is 12.6. The molecular formula is C17H22N4O4. The predicted octanol–water partition coefficient (Wildman–Crippen LogP) is 0.383. The van der Waals surface area contributed by atoms with E-state index in [1.165, 1.54) is 25.9 Å². The fourth-order valence-corrected chi connectivity index (χ4v) is 3.63. The van der Waals surface area contributed by atoms with Gasteiger partial charge in [-0.15, -0.1) is 0 Å². The SMILES string of the molecule is COc1cnc(C(=O)N2CC3CC(C(=O)NC4CCC4)C(C2)O3)nc1. The van der Waals surface area contributed by atoms with Crippen molar-refractivity contribution < 1.29 is 19.1 Å². The van der Waals surface area contributed by atoms with E-state index in [0.29, 0.717) is 31.3 Å². The Kier molecular flexibility index (Phi) is 4.29. The Morgan fingerprint density at radius 3 is 2.68 bits per heavy atom. The molecule has 134 valence electrons. The third-order valence-electron chi connectivity index (χ3n) is 5.29. The summed E-state index contributed by atoms with van der Waals surface area (Å²) in [4.78, 5) is 34.9. The van der Waals surface area contributed by atoms with Crippen molar-refractivity contribution in [3.8, 4) is 5.75 Å². The number of rotatable bonds is 4. The number of hydrogen-bond donors (Lipinski definition) is 1. The Bertz CT molecular complexity index is 661. The van der Waals surface area contributed by atoms with E-state index in [9.17, 15) is 9.59 Å². The van der Waals surface area contributed by atoms with E-state index in [2.05, 4.69) is 15.3 Å². The van der Waals surface area contributed by atoms with Crippen molar-refractivity contribution in [2.24, 2.45) is 5.92 Å². The number of hydrogen-bond acceptors (Lipinski definition) is 6. The Morgan fingerprint density at radius 1 is 1.28 bits per heavy atom. The quantitative estimate of drug-likeness (QED) is 0.847. The molecule has 1 aliphatic carbocycles. The van der Waals surface area contributed by atoms with Crippen LogP contribution in [-0.2, 0) is 9.53 Å². The van der Waals surface area contributed by atoms with Crippen molar-refractivity contribution in [1.82, 2.24) is 20.2 Å². The van der Waals surface area contributed by atoms with Crippen LogP contribution >= 0.6 is 0 Å². The summed E-state index contributed by atoms with van der Waals surface area (Å²) in [6.45, 7) is 0.866. The van der Waals surface area contributed by atoms with Gasteiger partial charge in [0.15, 0.2) is 5.75 Å². The molecule has 0 aromatic carbocycles. The fourth-order valence-electron chi connectivity index (χ4n) is 3.63. The highest BCUT2D eigenvalue weighted by Crippen LogP contribution is 2.33. The highest BCUT2D eigenvalue weighted by Gasteiger charge is 2.46. The van der Waals surface area contributed by atoms with E-state index in [1.54, 1.807) is 4.90 Å². The minimum Gasteiger partial charge on any atom is -0.494 e. The molecule has 3 aliphatic rings. The van der Waals surface area contributed by atoms with Gasteiger partial charge < -0.3 is 19.7 Å². The van der Waals surface area contributed by atoms with Gasteiger partial charge >= 0.3 is 0 Å². The summed E-state index contributed by atoms with van der Waals surface area (Å²) < 4.78 is 10.9. The number of ether oxygens (including phenoxy) is 2. The maximum atomic E-state index is 12.6. The summed E-state index contributed by atoms with van der Waals surface area (Å²) in [6, 6.07) is 0.318. The molecule has 0 spiro atoms. The first-order valence-electron chi connectivity index (χ1n) is 8.75. The minimum atomic E-state index is -0.249. The van der Waals surface area contributed by atoms with Gasteiger partial charge in [0.05, 0.1) is 37.6 Å². The molecule has 1 N–H and O–H groups in total. The lowest BCUT2D eigenvalue weighted by molar-refractivity contribution is -0.129. The van der Waals surface area contributed by atoms with Crippen LogP contribution in [0, 0.1) is 5.92 Å². The molecule has 2 amide bonds. The van der Waals surface area contributed by atoms with Crippen LogP contribution in [0.25, 0.3) is 0 Å². The lowest BCUT2D eigenvalue weighted by Crippen LogP contribution is -2.49. The predicted molar refractivity (Wildman–Crippen MR) is 87.0 cm³/mol. The van der Waals surface area contributed by atoms with Crippen LogP contribution < -0.4 is 10.1 Å². The average molecular weight is 346 g/mol. The molecule has 25 heavy (non-hydrogen) atoms. The monoisotopic (exact) mass is 346 g/mol. The van der Waals surface area contributed by atoms with Crippen molar-refractivity contribution in [3.05, 3.63) is 18.2 Å². The third-order valence-corrected chi connectivity index (χ3v) is 5.29. The second kappa shape index (κ2) is 6.59. The molecule has 8 heteroatoms. The number of amides is 2. The Morgan fingerprint density at radius 2 is 2.04 bits per heavy atom. The van der Waals surface area contributed by atoms with Crippen molar-refractivity contribution in [2.45, 2.75) is 43.9 Å². The first kappa shape index (κ1) is 16.3. The minimum absolute atomic E-state index is 0.0622. The Hall–Kier alpha value is -2.22. The topological polar surface area (TPSA) is 93.7 Å². The van der Waals surface area contributed by atoms with Gasteiger partial charge in [-0.25, -0.2) is 9.97 Å². The number of carbonyl (C=O) groups is 2. The molecule has 2 saturated heterocycles. The van der Waals surface area contributed by atoms with Gasteiger partial charge in [-0.1, -0.05) is 0 Å². The van der Waals surface area contributed by atoms with Crippen LogP contribution in [0.3, 0.4) is 0 Å². The van der Waals surface area contributed by atoms with Crippen LogP contribution in [0.2, 0.25) is 0 Å². The number of fused-ring (bicyclic) bond motifs is 2. The number of morpholine rings is 1. The summed E-state index contributed by atoms with van der Waals surface area (Å²) in [5.74, 6) is 0.289. The molecule has 0 radical (unpaired) electrons. The molecule has 1 aromatic rings. The summed E-state index contributed by atoms with van der Waals surface area (Å²) in [7, 11) is 1.52. The average Bonchev–Trinajstić information content (AvgIpc) is 2.91. The molecule has 3 unspecified atom stereocenters. The summed E-state index contributed by atoms with van der Waals surface area (Å²) in [5, 5.41) is 3.10. The van der Waals surface area contributed by atoms with Gasteiger partial charge in [0, 0.05) is 19.1 Å². The number of nitrogens with zero attached hydrogens (tertiary/aromatic N) is 3. The molecule has 8 nitrogen and oxygen atoms in total. The number of methoxy groups -OCH3 is 1. The van der Waals surface area contributed by atoms with Gasteiger partial charge in [-0.2, -0.15) is 0 Å². The van der Waals surface area contributed by atoms with Crippen LogP contribution in [0.4, 0.5) is 0 Å². The Labute approximate surface area is 145 Å². The van der Waals surface area contributed by atoms with E-state index in [-0.39, 0.29) is 35.8 Å². The molecule has 4 rings (SSSR count). The number of aromatic nitrogens is 2. The summed E-state index contributed by atoms with van der Waals surface area (Å²) in [6.07, 6.45) is 6.58. The van der Waals surface area contributed by atoms with Crippen molar-refractivity contribution in [2.75, 3.05) is 20.2 Å². The zero-order valence-corrected chi connectivity index (χ0v) is 14.2. The van der Waals surface area contributed by atoms with E-state index in [1.807, 2.05) is 0 Å². The van der Waals surface area contributed by atoms with E-state index < -0.39 is 0 Å². The molecule has 2 aliphatic heterocycles. The van der Waals surface area contributed by atoms with E-state index in [4.69, 9.17) is 9.47 Å². The van der Waals surface area contributed by atoms with Gasteiger partial charge in [-0.3, -0.25) is 9.59 Å². The first-order chi connectivity index (χ1) is 12.1. The highest BCUT2D eigenvalue weighted by atomic mass is 16.5. The molecule has 3 atom stereocenters.